The third-order valence-electron chi connectivity index (χ3n) is 3.94. The smallest absolute Gasteiger partial charge is 0.310 e. The molecule has 0 unspecified atom stereocenters. The van der Waals surface area contributed by atoms with Crippen molar-refractivity contribution in [3.05, 3.63) is 51.6 Å². The summed E-state index contributed by atoms with van der Waals surface area (Å²) in [7, 11) is 4.26. The average Bonchev–Trinajstić information content (AvgIpc) is 2.76. The Balaban J connectivity index is 1.95. The number of phenols is 1. The van der Waals surface area contributed by atoms with E-state index in [1.807, 2.05) is 0 Å². The lowest BCUT2D eigenvalue weighted by Crippen LogP contribution is -2.34. The van der Waals surface area contributed by atoms with Crippen LogP contribution in [0, 0.1) is 10.1 Å². The fourth-order valence-electron chi connectivity index (χ4n) is 2.47. The maximum Gasteiger partial charge on any atom is 0.310 e. The number of amides is 2. The van der Waals surface area contributed by atoms with Gasteiger partial charge in [0.1, 0.15) is 0 Å². The van der Waals surface area contributed by atoms with E-state index in [9.17, 15) is 24.8 Å². The third-order valence-corrected chi connectivity index (χ3v) is 3.94. The molecule has 164 valence electrons. The second-order valence-corrected chi connectivity index (χ2v) is 5.90. The highest BCUT2D eigenvalue weighted by Crippen LogP contribution is 2.38. The minimum absolute atomic E-state index is 0.187. The van der Waals surface area contributed by atoms with Crippen molar-refractivity contribution >= 4 is 23.7 Å². The van der Waals surface area contributed by atoms with E-state index in [1.165, 1.54) is 45.7 Å². The van der Waals surface area contributed by atoms with Gasteiger partial charge in [-0.05, 0) is 29.8 Å². The molecule has 31 heavy (non-hydrogen) atoms. The van der Waals surface area contributed by atoms with Gasteiger partial charge in [0.2, 0.25) is 5.75 Å². The Hall–Kier alpha value is -4.35. The van der Waals surface area contributed by atoms with Crippen molar-refractivity contribution in [2.24, 2.45) is 5.10 Å². The standard InChI is InChI=1S/C19H20N4O8/c1-29-15-7-12(8-16(30-2)18(15)31-3)19(26)20-10-17(25)22-21-9-11-4-5-13(23(27)28)14(24)6-11/h4-9,24H,10H2,1-3H3,(H,20,26)(H,22,25)/b21-9-. The highest BCUT2D eigenvalue weighted by Gasteiger charge is 2.17. The van der Waals surface area contributed by atoms with Gasteiger partial charge in [0.15, 0.2) is 17.2 Å². The van der Waals surface area contributed by atoms with E-state index >= 15 is 0 Å². The highest BCUT2D eigenvalue weighted by molar-refractivity contribution is 5.97. The number of hydrazone groups is 1. The number of nitro benzene ring substituents is 1. The number of nitro groups is 1. The van der Waals surface area contributed by atoms with E-state index < -0.39 is 28.2 Å². The molecular weight excluding hydrogens is 412 g/mol. The van der Waals surface area contributed by atoms with Gasteiger partial charge in [0.25, 0.3) is 11.8 Å². The molecule has 3 N–H and O–H groups in total. The zero-order valence-electron chi connectivity index (χ0n) is 16.9. The molecule has 2 amide bonds. The van der Waals surface area contributed by atoms with E-state index in [2.05, 4.69) is 15.8 Å². The third kappa shape index (κ3) is 5.82. The van der Waals surface area contributed by atoms with Crippen LogP contribution in [0.1, 0.15) is 15.9 Å². The average molecular weight is 432 g/mol. The number of hydrogen-bond acceptors (Lipinski definition) is 9. The number of methoxy groups -OCH3 is 3. The molecule has 0 bridgehead atoms. The largest absolute Gasteiger partial charge is 0.502 e. The van der Waals surface area contributed by atoms with Gasteiger partial charge in [0, 0.05) is 11.6 Å². The normalized spacial score (nSPS) is 10.4. The fraction of sp³-hybridized carbons (Fsp3) is 0.211. The van der Waals surface area contributed by atoms with Gasteiger partial charge in [0.05, 0.1) is 39.0 Å². The van der Waals surface area contributed by atoms with Crippen molar-refractivity contribution in [3.8, 4) is 23.0 Å². The predicted molar refractivity (Wildman–Crippen MR) is 109 cm³/mol. The lowest BCUT2D eigenvalue weighted by Gasteiger charge is -2.14. The van der Waals surface area contributed by atoms with Crippen LogP contribution in [0.3, 0.4) is 0 Å². The van der Waals surface area contributed by atoms with Gasteiger partial charge in [-0.3, -0.25) is 19.7 Å². The summed E-state index contributed by atoms with van der Waals surface area (Å²) in [4.78, 5) is 34.2. The summed E-state index contributed by atoms with van der Waals surface area (Å²) in [5, 5.41) is 26.3. The topological polar surface area (TPSA) is 162 Å². The summed E-state index contributed by atoms with van der Waals surface area (Å²) in [6.45, 7) is -0.377. The molecule has 0 atom stereocenters. The van der Waals surface area contributed by atoms with Crippen LogP contribution in [-0.4, -0.2) is 55.9 Å². The van der Waals surface area contributed by atoms with Gasteiger partial charge in [-0.15, -0.1) is 0 Å². The molecule has 0 aliphatic heterocycles. The molecule has 0 aliphatic carbocycles. The quantitative estimate of drug-likeness (QED) is 0.302. The molecule has 2 rings (SSSR count). The van der Waals surface area contributed by atoms with Crippen LogP contribution in [0.2, 0.25) is 0 Å². The first kappa shape index (κ1) is 22.9. The number of hydrogen-bond donors (Lipinski definition) is 3. The molecule has 12 nitrogen and oxygen atoms in total. The van der Waals surface area contributed by atoms with Gasteiger partial charge >= 0.3 is 5.69 Å². The first-order valence-corrected chi connectivity index (χ1v) is 8.68. The monoisotopic (exact) mass is 432 g/mol. The van der Waals surface area contributed by atoms with Crippen molar-refractivity contribution in [2.75, 3.05) is 27.9 Å². The van der Waals surface area contributed by atoms with Crippen LogP contribution in [0.15, 0.2) is 35.4 Å². The number of carbonyl (C=O) groups excluding carboxylic acids is 2. The Bertz CT molecular complexity index is 997. The first-order chi connectivity index (χ1) is 14.8. The molecule has 0 saturated heterocycles. The SMILES string of the molecule is COc1cc(C(=O)NCC(=O)N/N=C\c2ccc([N+](=O)[O-])c(O)c2)cc(OC)c1OC. The molecule has 0 heterocycles. The second-order valence-electron chi connectivity index (χ2n) is 5.90. The summed E-state index contributed by atoms with van der Waals surface area (Å²) < 4.78 is 15.5. The van der Waals surface area contributed by atoms with E-state index in [-0.39, 0.29) is 23.6 Å². The van der Waals surface area contributed by atoms with E-state index in [0.717, 1.165) is 12.1 Å². The first-order valence-electron chi connectivity index (χ1n) is 8.68. The zero-order chi connectivity index (χ0) is 23.0. The molecule has 0 saturated carbocycles. The van der Waals surface area contributed by atoms with Crippen molar-refractivity contribution in [2.45, 2.75) is 0 Å². The van der Waals surface area contributed by atoms with Crippen LogP contribution >= 0.6 is 0 Å². The van der Waals surface area contributed by atoms with Crippen molar-refractivity contribution in [1.29, 1.82) is 0 Å². The number of rotatable bonds is 9. The molecule has 0 spiro atoms. The van der Waals surface area contributed by atoms with Gasteiger partial charge < -0.3 is 24.6 Å². The maximum absolute atomic E-state index is 12.3. The highest BCUT2D eigenvalue weighted by atomic mass is 16.6. The minimum Gasteiger partial charge on any atom is -0.502 e. The van der Waals surface area contributed by atoms with Crippen molar-refractivity contribution in [1.82, 2.24) is 10.7 Å². The van der Waals surface area contributed by atoms with Gasteiger partial charge in [-0.2, -0.15) is 5.10 Å². The number of nitrogens with zero attached hydrogens (tertiary/aromatic N) is 2. The van der Waals surface area contributed by atoms with Gasteiger partial charge in [-0.25, -0.2) is 5.43 Å². The predicted octanol–water partition coefficient (Wildman–Crippen LogP) is 1.21. The number of carbonyl (C=O) groups is 2. The molecular formula is C19H20N4O8. The van der Waals surface area contributed by atoms with E-state index in [1.54, 1.807) is 0 Å². The molecule has 2 aromatic carbocycles. The van der Waals surface area contributed by atoms with Crippen LogP contribution in [-0.2, 0) is 4.79 Å². The maximum atomic E-state index is 12.3. The number of ether oxygens (including phenoxy) is 3. The molecule has 0 radical (unpaired) electrons. The van der Waals surface area contributed by atoms with Crippen LogP contribution < -0.4 is 25.0 Å². The van der Waals surface area contributed by atoms with E-state index in [4.69, 9.17) is 14.2 Å². The Kier molecular flexibility index (Phi) is 7.72. The number of phenolic OH excluding ortho intramolecular Hbond substituents is 1. The summed E-state index contributed by atoms with van der Waals surface area (Å²) in [5.41, 5.74) is 2.25. The second kappa shape index (κ2) is 10.4. The Morgan fingerprint density at radius 1 is 1.13 bits per heavy atom. The Morgan fingerprint density at radius 2 is 1.77 bits per heavy atom. The summed E-state index contributed by atoms with van der Waals surface area (Å²) >= 11 is 0. The summed E-state index contributed by atoms with van der Waals surface area (Å²) in [6, 6.07) is 6.46. The summed E-state index contributed by atoms with van der Waals surface area (Å²) in [5.74, 6) is -0.814. The fourth-order valence-corrected chi connectivity index (χ4v) is 2.47. The number of nitrogens with one attached hydrogen (secondary N) is 2. The van der Waals surface area contributed by atoms with Crippen LogP contribution in [0.5, 0.6) is 23.0 Å². The van der Waals surface area contributed by atoms with Crippen molar-refractivity contribution in [3.63, 3.8) is 0 Å². The lowest BCUT2D eigenvalue weighted by atomic mass is 10.1. The molecule has 0 fully saturated rings. The summed E-state index contributed by atoms with van der Waals surface area (Å²) in [6.07, 6.45) is 1.18. The lowest BCUT2D eigenvalue weighted by molar-refractivity contribution is -0.385. The zero-order valence-corrected chi connectivity index (χ0v) is 16.9. The molecule has 0 aromatic heterocycles. The molecule has 2 aromatic rings. The Morgan fingerprint density at radius 3 is 2.29 bits per heavy atom. The number of benzene rings is 2. The van der Waals surface area contributed by atoms with E-state index in [0.29, 0.717) is 11.3 Å². The van der Waals surface area contributed by atoms with Gasteiger partial charge in [-0.1, -0.05) is 0 Å². The number of aromatic hydroxyl groups is 1. The Labute approximate surface area is 176 Å². The van der Waals surface area contributed by atoms with Crippen molar-refractivity contribution < 1.29 is 33.8 Å². The molecule has 12 heteroatoms. The van der Waals surface area contributed by atoms with Crippen LogP contribution in [0.25, 0.3) is 0 Å². The minimum atomic E-state index is -0.727. The van der Waals surface area contributed by atoms with Crippen LogP contribution in [0.4, 0.5) is 5.69 Å². The molecule has 0 aliphatic rings.